The molecule has 0 atom stereocenters. The van der Waals surface area contributed by atoms with Gasteiger partial charge >= 0.3 is 0 Å². The summed E-state index contributed by atoms with van der Waals surface area (Å²) in [7, 11) is 3.25. The van der Waals surface area contributed by atoms with Crippen LogP contribution in [0.2, 0.25) is 5.02 Å². The van der Waals surface area contributed by atoms with Crippen molar-refractivity contribution in [2.75, 3.05) is 14.2 Å². The summed E-state index contributed by atoms with van der Waals surface area (Å²) in [4.78, 5) is 0.732. The normalized spacial score (nSPS) is 11.0. The second-order valence-electron chi connectivity index (χ2n) is 5.56. The van der Waals surface area contributed by atoms with E-state index in [0.717, 1.165) is 21.1 Å². The summed E-state index contributed by atoms with van der Waals surface area (Å²) in [6, 6.07) is 13.4. The van der Waals surface area contributed by atoms with Crippen LogP contribution in [0.5, 0.6) is 11.5 Å². The number of fused-ring (bicyclic) bond motifs is 1. The van der Waals surface area contributed by atoms with E-state index in [1.54, 1.807) is 18.7 Å². The van der Waals surface area contributed by atoms with Gasteiger partial charge in [0, 0.05) is 12.0 Å². The molecule has 0 fully saturated rings. The molecule has 4 rings (SSSR count). The second-order valence-corrected chi connectivity index (χ2v) is 7.01. The average molecular weight is 387 g/mol. The van der Waals surface area contributed by atoms with Crippen LogP contribution in [0.15, 0.2) is 42.5 Å². The molecule has 26 heavy (non-hydrogen) atoms. The van der Waals surface area contributed by atoms with E-state index in [4.69, 9.17) is 21.1 Å². The highest BCUT2D eigenvalue weighted by atomic mass is 35.5. The number of ether oxygens (including phenoxy) is 2. The first-order valence-corrected chi connectivity index (χ1v) is 9.06. The van der Waals surface area contributed by atoms with Gasteiger partial charge in [0.15, 0.2) is 17.3 Å². The van der Waals surface area contributed by atoms with Crippen LogP contribution >= 0.6 is 22.9 Å². The molecule has 0 bridgehead atoms. The van der Waals surface area contributed by atoms with E-state index in [2.05, 4.69) is 15.3 Å². The van der Waals surface area contributed by atoms with Crippen LogP contribution < -0.4 is 9.47 Å². The van der Waals surface area contributed by atoms with E-state index in [-0.39, 0.29) is 0 Å². The number of halogens is 1. The summed E-state index contributed by atoms with van der Waals surface area (Å²) < 4.78 is 12.4. The molecule has 0 saturated heterocycles. The molecular weight excluding hydrogens is 372 g/mol. The lowest BCUT2D eigenvalue weighted by Crippen LogP contribution is -1.95. The minimum Gasteiger partial charge on any atom is -0.493 e. The second kappa shape index (κ2) is 6.93. The molecule has 0 aliphatic rings. The molecule has 0 aliphatic heterocycles. The number of nitrogens with zero attached hydrogens (tertiary/aromatic N) is 4. The maximum absolute atomic E-state index is 6.28. The Morgan fingerprint density at radius 3 is 2.62 bits per heavy atom. The van der Waals surface area contributed by atoms with Crippen LogP contribution in [0.4, 0.5) is 0 Å². The lowest BCUT2D eigenvalue weighted by atomic mass is 10.1. The summed E-state index contributed by atoms with van der Waals surface area (Å²) >= 11 is 7.78. The zero-order valence-electron chi connectivity index (χ0n) is 14.1. The van der Waals surface area contributed by atoms with Gasteiger partial charge in [-0.15, -0.1) is 10.2 Å². The minimum absolute atomic E-state index is 0.622. The Hall–Kier alpha value is -2.64. The fraction of sp³-hybridized carbons (Fsp3) is 0.167. The summed E-state index contributed by atoms with van der Waals surface area (Å²) in [5, 5.41) is 14.7. The van der Waals surface area contributed by atoms with Crippen molar-refractivity contribution in [2.45, 2.75) is 6.42 Å². The SMILES string of the molecule is COc1ccc(Cc2nn3c(-c4ccccc4Cl)nnc3s2)cc1OC. The molecule has 2 aromatic heterocycles. The van der Waals surface area contributed by atoms with Crippen molar-refractivity contribution in [1.29, 1.82) is 0 Å². The monoisotopic (exact) mass is 386 g/mol. The standard InChI is InChI=1S/C18H15ClN4O2S/c1-24-14-8-7-11(9-15(14)25-2)10-16-22-23-17(20-21-18(23)26-16)12-5-3-4-6-13(12)19/h3-9H,10H2,1-2H3. The van der Waals surface area contributed by atoms with Gasteiger partial charge in [0.1, 0.15) is 5.01 Å². The predicted octanol–water partition coefficient (Wildman–Crippen LogP) is 4.11. The van der Waals surface area contributed by atoms with Gasteiger partial charge in [-0.05, 0) is 29.8 Å². The molecular formula is C18H15ClN4O2S. The number of aromatic nitrogens is 4. The molecule has 0 unspecified atom stereocenters. The number of hydrogen-bond acceptors (Lipinski definition) is 6. The van der Waals surface area contributed by atoms with Crippen LogP contribution in [0.1, 0.15) is 10.6 Å². The molecule has 0 amide bonds. The molecule has 0 saturated carbocycles. The van der Waals surface area contributed by atoms with Crippen LogP contribution in [0.3, 0.4) is 0 Å². The third kappa shape index (κ3) is 3.00. The quantitative estimate of drug-likeness (QED) is 0.516. The molecule has 2 aromatic carbocycles. The summed E-state index contributed by atoms with van der Waals surface area (Å²) in [5.41, 5.74) is 1.89. The minimum atomic E-state index is 0.622. The Kier molecular flexibility index (Phi) is 4.48. The molecule has 132 valence electrons. The van der Waals surface area contributed by atoms with Crippen molar-refractivity contribution in [3.63, 3.8) is 0 Å². The average Bonchev–Trinajstić information content (AvgIpc) is 3.22. The topological polar surface area (TPSA) is 61.5 Å². The predicted molar refractivity (Wildman–Crippen MR) is 101 cm³/mol. The van der Waals surface area contributed by atoms with Gasteiger partial charge in [-0.1, -0.05) is 41.1 Å². The molecule has 6 nitrogen and oxygen atoms in total. The lowest BCUT2D eigenvalue weighted by Gasteiger charge is -2.08. The number of methoxy groups -OCH3 is 2. The van der Waals surface area contributed by atoms with Gasteiger partial charge in [-0.25, -0.2) is 0 Å². The van der Waals surface area contributed by atoms with Gasteiger partial charge in [0.05, 0.1) is 19.2 Å². The van der Waals surface area contributed by atoms with Gasteiger partial charge < -0.3 is 9.47 Å². The smallest absolute Gasteiger partial charge is 0.234 e. The van der Waals surface area contributed by atoms with Crippen molar-refractivity contribution in [2.24, 2.45) is 0 Å². The number of rotatable bonds is 5. The molecule has 0 aliphatic carbocycles. The van der Waals surface area contributed by atoms with Crippen molar-refractivity contribution < 1.29 is 9.47 Å². The summed E-state index contributed by atoms with van der Waals surface area (Å²) in [6.07, 6.45) is 0.663. The fourth-order valence-electron chi connectivity index (χ4n) is 2.70. The van der Waals surface area contributed by atoms with E-state index in [0.29, 0.717) is 28.8 Å². The zero-order valence-corrected chi connectivity index (χ0v) is 15.7. The van der Waals surface area contributed by atoms with Gasteiger partial charge in [-0.2, -0.15) is 9.61 Å². The van der Waals surface area contributed by atoms with Crippen LogP contribution in [0.25, 0.3) is 16.3 Å². The summed E-state index contributed by atoms with van der Waals surface area (Å²) in [6.45, 7) is 0. The highest BCUT2D eigenvalue weighted by molar-refractivity contribution is 7.16. The first-order valence-electron chi connectivity index (χ1n) is 7.86. The van der Waals surface area contributed by atoms with Crippen molar-refractivity contribution in [3.8, 4) is 22.9 Å². The van der Waals surface area contributed by atoms with E-state index in [1.165, 1.54) is 11.3 Å². The molecule has 0 spiro atoms. The molecule has 4 aromatic rings. The van der Waals surface area contributed by atoms with Gasteiger partial charge in [0.2, 0.25) is 4.96 Å². The van der Waals surface area contributed by atoms with Gasteiger partial charge in [0.25, 0.3) is 0 Å². The fourth-order valence-corrected chi connectivity index (χ4v) is 3.79. The number of benzene rings is 2. The van der Waals surface area contributed by atoms with E-state index in [9.17, 15) is 0 Å². The largest absolute Gasteiger partial charge is 0.493 e. The Balaban J connectivity index is 1.68. The third-order valence-electron chi connectivity index (χ3n) is 3.95. The highest BCUT2D eigenvalue weighted by Crippen LogP contribution is 2.30. The summed E-state index contributed by atoms with van der Waals surface area (Å²) in [5.74, 6) is 2.04. The van der Waals surface area contributed by atoms with E-state index in [1.807, 2.05) is 42.5 Å². The maximum atomic E-state index is 6.28. The molecule has 8 heteroatoms. The van der Waals surface area contributed by atoms with E-state index >= 15 is 0 Å². The Bertz CT molecular complexity index is 1080. The molecule has 0 radical (unpaired) electrons. The number of hydrogen-bond donors (Lipinski definition) is 0. The van der Waals surface area contributed by atoms with Gasteiger partial charge in [-0.3, -0.25) is 0 Å². The maximum Gasteiger partial charge on any atom is 0.234 e. The van der Waals surface area contributed by atoms with Crippen molar-refractivity contribution in [3.05, 3.63) is 58.1 Å². The molecule has 0 N–H and O–H groups in total. The van der Waals surface area contributed by atoms with Crippen molar-refractivity contribution >= 4 is 27.9 Å². The first kappa shape index (κ1) is 16.8. The molecule has 2 heterocycles. The Morgan fingerprint density at radius 1 is 1.04 bits per heavy atom. The van der Waals surface area contributed by atoms with E-state index < -0.39 is 0 Å². The van der Waals surface area contributed by atoms with Crippen LogP contribution in [-0.2, 0) is 6.42 Å². The first-order chi connectivity index (χ1) is 12.7. The third-order valence-corrected chi connectivity index (χ3v) is 5.18. The van der Waals surface area contributed by atoms with Crippen LogP contribution in [0, 0.1) is 0 Å². The lowest BCUT2D eigenvalue weighted by molar-refractivity contribution is 0.354. The Labute approximate surface area is 159 Å². The zero-order chi connectivity index (χ0) is 18.1. The Morgan fingerprint density at radius 2 is 1.85 bits per heavy atom. The highest BCUT2D eigenvalue weighted by Gasteiger charge is 2.16. The van der Waals surface area contributed by atoms with Crippen molar-refractivity contribution in [1.82, 2.24) is 19.8 Å². The van der Waals surface area contributed by atoms with Crippen LogP contribution in [-0.4, -0.2) is 34.0 Å².